The number of nitrogens with zero attached hydrogens (tertiary/aromatic N) is 2. The van der Waals surface area contributed by atoms with E-state index in [2.05, 4.69) is 37.1 Å². The molecule has 4 aromatic rings. The Morgan fingerprint density at radius 3 is 2.16 bits per heavy atom. The Balaban J connectivity index is 1.42. The number of anilines is 2. The maximum Gasteiger partial charge on any atom is 0.416 e. The van der Waals surface area contributed by atoms with Crippen LogP contribution in [-0.2, 0) is 22.3 Å². The smallest absolute Gasteiger partial charge is 0.378 e. The molecule has 2 N–H and O–H groups in total. The van der Waals surface area contributed by atoms with Gasteiger partial charge < -0.3 is 20.1 Å². The molecule has 0 radical (unpaired) electrons. The Bertz CT molecular complexity index is 1700. The average Bonchev–Trinajstić information content (AvgIpc) is 3.32. The molecule has 1 aromatic heterocycles. The first-order valence-electron chi connectivity index (χ1n) is 15.1. The van der Waals surface area contributed by atoms with Crippen LogP contribution in [0.2, 0.25) is 0 Å². The van der Waals surface area contributed by atoms with Crippen LogP contribution in [0, 0.1) is 18.3 Å². The second-order valence-electron chi connectivity index (χ2n) is 13.4. The summed E-state index contributed by atoms with van der Waals surface area (Å²) in [7, 11) is 3.85. The number of halogens is 3. The van der Waals surface area contributed by atoms with Gasteiger partial charge in [0, 0.05) is 55.0 Å². The second-order valence-corrected chi connectivity index (χ2v) is 13.4. The molecule has 0 spiro atoms. The van der Waals surface area contributed by atoms with E-state index in [0.29, 0.717) is 11.3 Å². The van der Waals surface area contributed by atoms with Crippen LogP contribution in [0.3, 0.4) is 0 Å². The number of rotatable bonds is 9. The molecule has 1 aliphatic carbocycles. The molecule has 3 aromatic carbocycles. The average molecular weight is 619 g/mol. The van der Waals surface area contributed by atoms with E-state index in [9.17, 15) is 22.8 Å². The standard InChI is InChI=1S/C36H41F3N4O2/c1-22-31(27-10-8-9-11-29(27)40-22)32-28(34(32,2)3)20-30(44)43(21-23-12-14-24(15-13-23)36(37,38)39)35(4,5)33(45)41-25-16-18-26(19-17-25)42(6)7/h8-19,28,32,40H,20-21H2,1-7H3,(H,41,45)/t28-,32+/m1/s1. The van der Waals surface area contributed by atoms with E-state index >= 15 is 0 Å². The number of aryl methyl sites for hydroxylation is 1. The van der Waals surface area contributed by atoms with Gasteiger partial charge in [0.15, 0.2) is 0 Å². The Labute approximate surface area is 262 Å². The zero-order valence-corrected chi connectivity index (χ0v) is 26.8. The largest absolute Gasteiger partial charge is 0.416 e. The van der Waals surface area contributed by atoms with Crippen LogP contribution < -0.4 is 10.2 Å². The highest BCUT2D eigenvalue weighted by Crippen LogP contribution is 2.67. The molecule has 5 rings (SSSR count). The predicted octanol–water partition coefficient (Wildman–Crippen LogP) is 8.14. The van der Waals surface area contributed by atoms with Gasteiger partial charge >= 0.3 is 6.18 Å². The number of aromatic amines is 1. The fourth-order valence-electron chi connectivity index (χ4n) is 6.52. The lowest BCUT2D eigenvalue weighted by molar-refractivity contribution is -0.145. The Kier molecular flexibility index (Phi) is 8.27. The van der Waals surface area contributed by atoms with Gasteiger partial charge in [-0.15, -0.1) is 0 Å². The number of benzene rings is 3. The number of para-hydroxylation sites is 1. The van der Waals surface area contributed by atoms with Gasteiger partial charge in [-0.1, -0.05) is 44.2 Å². The van der Waals surface area contributed by atoms with Gasteiger partial charge in [-0.2, -0.15) is 13.2 Å². The monoisotopic (exact) mass is 618 g/mol. The van der Waals surface area contributed by atoms with Crippen molar-refractivity contribution in [2.45, 2.75) is 65.2 Å². The molecule has 2 amide bonds. The summed E-state index contributed by atoms with van der Waals surface area (Å²) >= 11 is 0. The summed E-state index contributed by atoms with van der Waals surface area (Å²) in [4.78, 5) is 35.0. The molecule has 1 heterocycles. The van der Waals surface area contributed by atoms with Gasteiger partial charge in [0.1, 0.15) is 5.54 Å². The van der Waals surface area contributed by atoms with Crippen molar-refractivity contribution in [3.63, 3.8) is 0 Å². The van der Waals surface area contributed by atoms with Gasteiger partial charge in [0.2, 0.25) is 11.8 Å². The van der Waals surface area contributed by atoms with Crippen LogP contribution in [0.25, 0.3) is 10.9 Å². The maximum absolute atomic E-state index is 14.3. The normalized spacial score (nSPS) is 17.6. The van der Waals surface area contributed by atoms with Crippen LogP contribution in [0.15, 0.2) is 72.8 Å². The summed E-state index contributed by atoms with van der Waals surface area (Å²) in [6.45, 7) is 9.72. The van der Waals surface area contributed by atoms with Crippen LogP contribution in [0.1, 0.15) is 62.4 Å². The number of fused-ring (bicyclic) bond motifs is 1. The van der Waals surface area contributed by atoms with Crippen molar-refractivity contribution in [2.24, 2.45) is 11.3 Å². The van der Waals surface area contributed by atoms with Gasteiger partial charge in [-0.3, -0.25) is 9.59 Å². The quantitative estimate of drug-likeness (QED) is 0.199. The lowest BCUT2D eigenvalue weighted by atomic mass is 9.97. The summed E-state index contributed by atoms with van der Waals surface area (Å²) in [6.07, 6.45) is -4.27. The number of hydrogen-bond donors (Lipinski definition) is 2. The van der Waals surface area contributed by atoms with Crippen molar-refractivity contribution < 1.29 is 22.8 Å². The highest BCUT2D eigenvalue weighted by atomic mass is 19.4. The van der Waals surface area contributed by atoms with Crippen molar-refractivity contribution >= 4 is 34.1 Å². The number of hydrogen-bond acceptors (Lipinski definition) is 3. The van der Waals surface area contributed by atoms with Crippen LogP contribution >= 0.6 is 0 Å². The molecule has 1 aliphatic rings. The first kappa shape index (κ1) is 32.1. The summed E-state index contributed by atoms with van der Waals surface area (Å²) in [5.74, 6) is -0.455. The molecule has 1 saturated carbocycles. The van der Waals surface area contributed by atoms with Gasteiger partial charge in [-0.05, 0) is 91.6 Å². The molecule has 1 fully saturated rings. The van der Waals surface area contributed by atoms with Crippen molar-refractivity contribution in [1.82, 2.24) is 9.88 Å². The fourth-order valence-corrected chi connectivity index (χ4v) is 6.52. The molecular weight excluding hydrogens is 577 g/mol. The van der Waals surface area contributed by atoms with Crippen molar-refractivity contribution in [2.75, 3.05) is 24.3 Å². The Morgan fingerprint density at radius 2 is 1.56 bits per heavy atom. The first-order valence-corrected chi connectivity index (χ1v) is 15.1. The third-order valence-corrected chi connectivity index (χ3v) is 9.49. The van der Waals surface area contributed by atoms with E-state index in [1.807, 2.05) is 49.3 Å². The van der Waals surface area contributed by atoms with Crippen LogP contribution in [0.4, 0.5) is 24.5 Å². The molecule has 6 nitrogen and oxygen atoms in total. The van der Waals surface area contributed by atoms with Gasteiger partial charge in [0.25, 0.3) is 0 Å². The van der Waals surface area contributed by atoms with Crippen molar-refractivity contribution in [1.29, 1.82) is 0 Å². The highest BCUT2D eigenvalue weighted by Gasteiger charge is 2.60. The molecule has 238 valence electrons. The van der Waals surface area contributed by atoms with E-state index in [1.54, 1.807) is 26.0 Å². The number of carbonyl (C=O) groups excluding carboxylic acids is 2. The number of alkyl halides is 3. The van der Waals surface area contributed by atoms with Gasteiger partial charge in [0.05, 0.1) is 5.56 Å². The molecule has 9 heteroatoms. The van der Waals surface area contributed by atoms with Crippen LogP contribution in [-0.4, -0.2) is 41.3 Å². The lowest BCUT2D eigenvalue weighted by Gasteiger charge is -2.38. The third kappa shape index (κ3) is 6.30. The molecule has 0 unspecified atom stereocenters. The Hall–Kier alpha value is -4.27. The van der Waals surface area contributed by atoms with Crippen LogP contribution in [0.5, 0.6) is 0 Å². The summed E-state index contributed by atoms with van der Waals surface area (Å²) < 4.78 is 39.8. The zero-order chi connectivity index (χ0) is 32.9. The third-order valence-electron chi connectivity index (χ3n) is 9.49. The number of aromatic nitrogens is 1. The molecule has 45 heavy (non-hydrogen) atoms. The minimum absolute atomic E-state index is 0.0130. The fraction of sp³-hybridized carbons (Fsp3) is 0.389. The molecule has 0 saturated heterocycles. The number of H-pyrrole nitrogens is 1. The Morgan fingerprint density at radius 1 is 0.933 bits per heavy atom. The SMILES string of the molecule is Cc1[nH]c2ccccc2c1[C@@H]1[C@@H](CC(=O)N(Cc2ccc(C(F)(F)F)cc2)C(C)(C)C(=O)Nc2ccc(N(C)C)cc2)C1(C)C. The summed E-state index contributed by atoms with van der Waals surface area (Å²) in [5.41, 5.74) is 3.16. The van der Waals surface area contributed by atoms with Crippen molar-refractivity contribution in [3.05, 3.63) is 95.2 Å². The first-order chi connectivity index (χ1) is 21.0. The molecule has 2 atom stereocenters. The van der Waals surface area contributed by atoms with Gasteiger partial charge in [-0.25, -0.2) is 0 Å². The van der Waals surface area contributed by atoms with E-state index in [1.165, 1.54) is 22.6 Å². The number of nitrogens with one attached hydrogen (secondary N) is 2. The van der Waals surface area contributed by atoms with Crippen molar-refractivity contribution in [3.8, 4) is 0 Å². The summed E-state index contributed by atoms with van der Waals surface area (Å²) in [6, 6.07) is 20.3. The minimum Gasteiger partial charge on any atom is -0.378 e. The molecule has 0 aliphatic heterocycles. The minimum atomic E-state index is -4.47. The van der Waals surface area contributed by atoms with E-state index in [-0.39, 0.29) is 42.0 Å². The topological polar surface area (TPSA) is 68.4 Å². The van der Waals surface area contributed by atoms with E-state index in [0.717, 1.165) is 34.4 Å². The number of carbonyl (C=O) groups is 2. The van der Waals surface area contributed by atoms with E-state index in [4.69, 9.17) is 0 Å². The highest BCUT2D eigenvalue weighted by molar-refractivity contribution is 6.00. The van der Waals surface area contributed by atoms with E-state index < -0.39 is 17.3 Å². The zero-order valence-electron chi connectivity index (χ0n) is 26.8. The molecule has 0 bridgehead atoms. The summed E-state index contributed by atoms with van der Waals surface area (Å²) in [5, 5.41) is 4.08. The predicted molar refractivity (Wildman–Crippen MR) is 173 cm³/mol. The maximum atomic E-state index is 14.3. The number of amides is 2. The molecular formula is C36H41F3N4O2. The second kappa shape index (κ2) is 11.6. The lowest BCUT2D eigenvalue weighted by Crippen LogP contribution is -2.54.